The highest BCUT2D eigenvalue weighted by molar-refractivity contribution is 7.89. The number of carbonyl (C=O) groups is 1. The minimum Gasteiger partial charge on any atom is -0.454 e. The number of hydrogen-bond acceptors (Lipinski definition) is 8. The Hall–Kier alpha value is -3.44. The number of fused-ring (bicyclic) bond motifs is 1. The van der Waals surface area contributed by atoms with Crippen LogP contribution in [0.1, 0.15) is 21.8 Å². The fourth-order valence-electron chi connectivity index (χ4n) is 2.76. The van der Waals surface area contributed by atoms with E-state index in [2.05, 4.69) is 15.5 Å². The van der Waals surface area contributed by atoms with Gasteiger partial charge in [-0.1, -0.05) is 11.2 Å². The molecular weight excluding hydrogens is 412 g/mol. The van der Waals surface area contributed by atoms with E-state index in [1.165, 1.54) is 38.4 Å². The molecule has 3 aromatic rings. The highest BCUT2D eigenvalue weighted by atomic mass is 32.2. The first-order valence-electron chi connectivity index (χ1n) is 8.88. The van der Waals surface area contributed by atoms with Crippen molar-refractivity contribution in [2.45, 2.75) is 11.3 Å². The van der Waals surface area contributed by atoms with Crippen molar-refractivity contribution in [3.05, 3.63) is 59.5 Å². The van der Waals surface area contributed by atoms with Crippen LogP contribution >= 0.6 is 0 Å². The van der Waals surface area contributed by atoms with Gasteiger partial charge in [0.25, 0.3) is 5.91 Å². The summed E-state index contributed by atoms with van der Waals surface area (Å²) in [7, 11) is -0.690. The molecule has 0 unspecified atom stereocenters. The molecule has 2 aromatic carbocycles. The van der Waals surface area contributed by atoms with Crippen molar-refractivity contribution in [1.29, 1.82) is 0 Å². The number of sulfonamides is 1. The first kappa shape index (κ1) is 19.9. The van der Waals surface area contributed by atoms with Gasteiger partial charge in [0, 0.05) is 19.7 Å². The van der Waals surface area contributed by atoms with E-state index in [0.29, 0.717) is 23.8 Å². The summed E-state index contributed by atoms with van der Waals surface area (Å²) in [5.41, 5.74) is 1.14. The molecule has 4 rings (SSSR count). The van der Waals surface area contributed by atoms with Crippen LogP contribution in [0.15, 0.2) is 51.8 Å². The first-order chi connectivity index (χ1) is 14.3. The van der Waals surface area contributed by atoms with Crippen molar-refractivity contribution >= 4 is 21.9 Å². The second-order valence-corrected chi connectivity index (χ2v) is 8.78. The van der Waals surface area contributed by atoms with E-state index in [1.54, 1.807) is 6.07 Å². The zero-order valence-corrected chi connectivity index (χ0v) is 17.0. The van der Waals surface area contributed by atoms with Crippen LogP contribution in [0.5, 0.6) is 11.5 Å². The van der Waals surface area contributed by atoms with Crippen LogP contribution < -0.4 is 14.8 Å². The third-order valence-corrected chi connectivity index (χ3v) is 6.20. The molecule has 0 atom stereocenters. The van der Waals surface area contributed by atoms with Gasteiger partial charge in [0.05, 0.1) is 11.3 Å². The van der Waals surface area contributed by atoms with Crippen LogP contribution in [0.25, 0.3) is 0 Å². The molecule has 30 heavy (non-hydrogen) atoms. The van der Waals surface area contributed by atoms with E-state index < -0.39 is 15.9 Å². The summed E-state index contributed by atoms with van der Waals surface area (Å²) in [4.78, 5) is 12.5. The Balaban J connectivity index is 1.41. The van der Waals surface area contributed by atoms with Crippen LogP contribution in [0.3, 0.4) is 0 Å². The second-order valence-electron chi connectivity index (χ2n) is 6.63. The Morgan fingerprint density at radius 2 is 1.80 bits per heavy atom. The maximum absolute atomic E-state index is 12.4. The number of ether oxygens (including phenoxy) is 2. The second kappa shape index (κ2) is 7.76. The van der Waals surface area contributed by atoms with Crippen molar-refractivity contribution < 1.29 is 27.1 Å². The monoisotopic (exact) mass is 430 g/mol. The predicted octanol–water partition coefficient (Wildman–Crippen LogP) is 1.89. The number of benzene rings is 2. The largest absolute Gasteiger partial charge is 0.454 e. The Kier molecular flexibility index (Phi) is 5.14. The van der Waals surface area contributed by atoms with E-state index >= 15 is 0 Å². The van der Waals surface area contributed by atoms with Crippen molar-refractivity contribution in [2.75, 3.05) is 26.2 Å². The molecular formula is C19H18N4O6S. The predicted molar refractivity (Wildman–Crippen MR) is 105 cm³/mol. The standard InChI is InChI=1S/C19H18N4O6S/c1-23(2)30(25,26)14-6-4-13(5-7-14)18(24)20-19-22-21-17(29-19)10-12-3-8-15-16(9-12)28-11-27-15/h3-9H,10-11H2,1-2H3,(H,20,22,24). The molecule has 1 N–H and O–H groups in total. The van der Waals surface area contributed by atoms with Gasteiger partial charge in [-0.25, -0.2) is 12.7 Å². The molecule has 10 nitrogen and oxygen atoms in total. The number of nitrogens with zero attached hydrogens (tertiary/aromatic N) is 3. The fourth-order valence-corrected chi connectivity index (χ4v) is 3.66. The number of rotatable bonds is 6. The zero-order chi connectivity index (χ0) is 21.3. The van der Waals surface area contributed by atoms with E-state index in [9.17, 15) is 13.2 Å². The number of anilines is 1. The average molecular weight is 430 g/mol. The maximum Gasteiger partial charge on any atom is 0.322 e. The number of amides is 1. The SMILES string of the molecule is CN(C)S(=O)(=O)c1ccc(C(=O)Nc2nnc(Cc3ccc4c(c3)OCO4)o2)cc1. The van der Waals surface area contributed by atoms with Gasteiger partial charge in [-0.2, -0.15) is 0 Å². The maximum atomic E-state index is 12.4. The van der Waals surface area contributed by atoms with E-state index in [1.807, 2.05) is 12.1 Å². The number of aromatic nitrogens is 2. The van der Waals surface area contributed by atoms with Gasteiger partial charge in [0.1, 0.15) is 0 Å². The van der Waals surface area contributed by atoms with Crippen LogP contribution in [0.4, 0.5) is 6.01 Å². The molecule has 1 aliphatic rings. The topological polar surface area (TPSA) is 124 Å². The summed E-state index contributed by atoms with van der Waals surface area (Å²) in [6, 6.07) is 11.0. The Morgan fingerprint density at radius 3 is 2.53 bits per heavy atom. The molecule has 0 bridgehead atoms. The van der Waals surface area contributed by atoms with Crippen molar-refractivity contribution in [3.63, 3.8) is 0 Å². The fraction of sp³-hybridized carbons (Fsp3) is 0.211. The van der Waals surface area contributed by atoms with Gasteiger partial charge < -0.3 is 13.9 Å². The van der Waals surface area contributed by atoms with Crippen LogP contribution in [-0.4, -0.2) is 49.7 Å². The highest BCUT2D eigenvalue weighted by Gasteiger charge is 2.19. The first-order valence-corrected chi connectivity index (χ1v) is 10.3. The normalized spacial score (nSPS) is 12.9. The molecule has 0 spiro atoms. The van der Waals surface area contributed by atoms with Gasteiger partial charge in [-0.3, -0.25) is 10.1 Å². The lowest BCUT2D eigenvalue weighted by Gasteiger charge is -2.11. The average Bonchev–Trinajstić information content (AvgIpc) is 3.37. The molecule has 1 aliphatic heterocycles. The third-order valence-electron chi connectivity index (χ3n) is 4.37. The van der Waals surface area contributed by atoms with Gasteiger partial charge >= 0.3 is 6.01 Å². The van der Waals surface area contributed by atoms with Crippen LogP contribution in [-0.2, 0) is 16.4 Å². The summed E-state index contributed by atoms with van der Waals surface area (Å²) in [6.07, 6.45) is 0.358. The lowest BCUT2D eigenvalue weighted by Crippen LogP contribution is -2.22. The van der Waals surface area contributed by atoms with Crippen LogP contribution in [0, 0.1) is 0 Å². The summed E-state index contributed by atoms with van der Waals surface area (Å²) in [6.45, 7) is 0.192. The number of carbonyl (C=O) groups excluding carboxylic acids is 1. The zero-order valence-electron chi connectivity index (χ0n) is 16.2. The van der Waals surface area contributed by atoms with E-state index in [-0.39, 0.29) is 23.3 Å². The smallest absolute Gasteiger partial charge is 0.322 e. The quantitative estimate of drug-likeness (QED) is 0.629. The van der Waals surface area contributed by atoms with Gasteiger partial charge in [-0.05, 0) is 42.0 Å². The molecule has 11 heteroatoms. The molecule has 2 heterocycles. The lowest BCUT2D eigenvalue weighted by molar-refractivity contribution is 0.102. The van der Waals surface area contributed by atoms with E-state index in [4.69, 9.17) is 13.9 Å². The van der Waals surface area contributed by atoms with E-state index in [0.717, 1.165) is 9.87 Å². The Bertz CT molecular complexity index is 1190. The molecule has 0 aliphatic carbocycles. The molecule has 1 amide bonds. The van der Waals surface area contributed by atoms with Crippen molar-refractivity contribution in [1.82, 2.24) is 14.5 Å². The molecule has 156 valence electrons. The minimum absolute atomic E-state index is 0.0549. The summed E-state index contributed by atoms with van der Waals surface area (Å²) in [5, 5.41) is 10.3. The Labute approximate surface area is 172 Å². The van der Waals surface area contributed by atoms with Crippen molar-refractivity contribution in [3.8, 4) is 11.5 Å². The van der Waals surface area contributed by atoms with Crippen molar-refractivity contribution in [2.24, 2.45) is 0 Å². The number of hydrogen-bond donors (Lipinski definition) is 1. The summed E-state index contributed by atoms with van der Waals surface area (Å²) >= 11 is 0. The summed E-state index contributed by atoms with van der Waals surface area (Å²) in [5.74, 6) is 1.15. The number of nitrogens with one attached hydrogen (secondary N) is 1. The van der Waals surface area contributed by atoms with Gasteiger partial charge in [-0.15, -0.1) is 5.10 Å². The molecule has 0 saturated heterocycles. The molecule has 0 saturated carbocycles. The third kappa shape index (κ3) is 3.98. The van der Waals surface area contributed by atoms with Crippen LogP contribution in [0.2, 0.25) is 0 Å². The summed E-state index contributed by atoms with van der Waals surface area (Å²) < 4.78 is 41.4. The molecule has 0 fully saturated rings. The molecule has 1 aromatic heterocycles. The molecule has 0 radical (unpaired) electrons. The van der Waals surface area contributed by atoms with Gasteiger partial charge in [0.2, 0.25) is 22.7 Å². The lowest BCUT2D eigenvalue weighted by atomic mass is 10.1. The van der Waals surface area contributed by atoms with Gasteiger partial charge in [0.15, 0.2) is 11.5 Å². The highest BCUT2D eigenvalue weighted by Crippen LogP contribution is 2.33. The Morgan fingerprint density at radius 1 is 1.07 bits per heavy atom. The minimum atomic E-state index is -3.56.